The molecule has 0 unspecified atom stereocenters. The number of aromatic nitrogens is 1. The molecule has 7 nitrogen and oxygen atoms in total. The Morgan fingerprint density at radius 3 is 2.26 bits per heavy atom. The number of hydrogen-bond acceptors (Lipinski definition) is 6. The Kier molecular flexibility index (Phi) is 4.85. The van der Waals surface area contributed by atoms with Crippen molar-refractivity contribution in [3.05, 3.63) is 48.2 Å². The molecule has 0 aliphatic rings. The first-order valence-electron chi connectivity index (χ1n) is 6.68. The van der Waals surface area contributed by atoms with Crippen LogP contribution in [0, 0.1) is 0 Å². The van der Waals surface area contributed by atoms with E-state index in [1.54, 1.807) is 12.1 Å². The maximum Gasteiger partial charge on any atom is 0.337 e. The molecule has 2 rings (SSSR count). The number of hydrogen-bond donors (Lipinski definition) is 1. The van der Waals surface area contributed by atoms with E-state index in [0.29, 0.717) is 5.69 Å². The SMILES string of the molecule is COC(=O)c1ccc(S(=O)(=O)Nc2ccc(N(C)C)nc2)cc1. The maximum atomic E-state index is 12.3. The van der Waals surface area contributed by atoms with Gasteiger partial charge in [-0.2, -0.15) is 0 Å². The first kappa shape index (κ1) is 16.8. The van der Waals surface area contributed by atoms with E-state index in [0.717, 1.165) is 5.82 Å². The molecule has 0 amide bonds. The highest BCUT2D eigenvalue weighted by atomic mass is 32.2. The topological polar surface area (TPSA) is 88.6 Å². The number of nitrogens with zero attached hydrogens (tertiary/aromatic N) is 2. The fourth-order valence-corrected chi connectivity index (χ4v) is 2.86. The number of carbonyl (C=O) groups is 1. The Balaban J connectivity index is 2.19. The molecule has 0 spiro atoms. The Morgan fingerprint density at radius 2 is 1.78 bits per heavy atom. The monoisotopic (exact) mass is 335 g/mol. The van der Waals surface area contributed by atoms with E-state index in [9.17, 15) is 13.2 Å². The van der Waals surface area contributed by atoms with Crippen molar-refractivity contribution in [2.24, 2.45) is 0 Å². The van der Waals surface area contributed by atoms with Gasteiger partial charge in [-0.1, -0.05) is 0 Å². The van der Waals surface area contributed by atoms with Gasteiger partial charge in [-0.15, -0.1) is 0 Å². The predicted octanol–water partition coefficient (Wildman–Crippen LogP) is 1.74. The highest BCUT2D eigenvalue weighted by Crippen LogP contribution is 2.18. The maximum absolute atomic E-state index is 12.3. The lowest BCUT2D eigenvalue weighted by molar-refractivity contribution is 0.0600. The first-order chi connectivity index (χ1) is 10.8. The molecule has 23 heavy (non-hydrogen) atoms. The van der Waals surface area contributed by atoms with Gasteiger partial charge in [-0.05, 0) is 36.4 Å². The van der Waals surface area contributed by atoms with Crippen molar-refractivity contribution in [2.75, 3.05) is 30.8 Å². The third-order valence-corrected chi connectivity index (χ3v) is 4.44. The molecule has 0 aliphatic heterocycles. The van der Waals surface area contributed by atoms with Crippen molar-refractivity contribution >= 4 is 27.5 Å². The normalized spacial score (nSPS) is 10.9. The van der Waals surface area contributed by atoms with E-state index in [1.807, 2.05) is 19.0 Å². The summed E-state index contributed by atoms with van der Waals surface area (Å²) < 4.78 is 31.6. The summed E-state index contributed by atoms with van der Waals surface area (Å²) in [6.07, 6.45) is 1.44. The van der Waals surface area contributed by atoms with E-state index in [-0.39, 0.29) is 10.5 Å². The quantitative estimate of drug-likeness (QED) is 0.837. The summed E-state index contributed by atoms with van der Waals surface area (Å²) in [4.78, 5) is 17.3. The van der Waals surface area contributed by atoms with Crippen LogP contribution < -0.4 is 9.62 Å². The zero-order valence-corrected chi connectivity index (χ0v) is 13.8. The number of anilines is 2. The molecule has 0 fully saturated rings. The number of esters is 1. The second-order valence-corrected chi connectivity index (χ2v) is 6.60. The molecule has 0 atom stereocenters. The molecule has 0 aliphatic carbocycles. The van der Waals surface area contributed by atoms with Gasteiger partial charge in [0.2, 0.25) is 0 Å². The number of carbonyl (C=O) groups excluding carboxylic acids is 1. The fraction of sp³-hybridized carbons (Fsp3) is 0.200. The van der Waals surface area contributed by atoms with Crippen molar-refractivity contribution in [1.29, 1.82) is 0 Å². The number of pyridine rings is 1. The minimum Gasteiger partial charge on any atom is -0.465 e. The van der Waals surface area contributed by atoms with Crippen LogP contribution in [0.15, 0.2) is 47.5 Å². The van der Waals surface area contributed by atoms with Crippen molar-refractivity contribution in [3.63, 3.8) is 0 Å². The Hall–Kier alpha value is -2.61. The molecule has 1 aromatic heterocycles. The third kappa shape index (κ3) is 3.98. The summed E-state index contributed by atoms with van der Waals surface area (Å²) in [6.45, 7) is 0. The van der Waals surface area contributed by atoms with Crippen molar-refractivity contribution in [1.82, 2.24) is 4.98 Å². The molecular formula is C15H17N3O4S. The van der Waals surface area contributed by atoms with Gasteiger partial charge in [0.05, 0.1) is 29.5 Å². The van der Waals surface area contributed by atoms with Crippen LogP contribution in [0.3, 0.4) is 0 Å². The summed E-state index contributed by atoms with van der Waals surface area (Å²) in [6, 6.07) is 8.81. The van der Waals surface area contributed by atoms with Crippen LogP contribution in [0.2, 0.25) is 0 Å². The number of benzene rings is 1. The average molecular weight is 335 g/mol. The van der Waals surface area contributed by atoms with Crippen LogP contribution in [0.5, 0.6) is 0 Å². The summed E-state index contributed by atoms with van der Waals surface area (Å²) in [7, 11) is 1.20. The zero-order valence-electron chi connectivity index (χ0n) is 13.0. The van der Waals surface area contributed by atoms with E-state index in [4.69, 9.17) is 0 Å². The van der Waals surface area contributed by atoms with Gasteiger partial charge in [0, 0.05) is 14.1 Å². The van der Waals surface area contributed by atoms with E-state index < -0.39 is 16.0 Å². The molecule has 0 saturated carbocycles. The molecule has 122 valence electrons. The second-order valence-electron chi connectivity index (χ2n) is 4.92. The third-order valence-electron chi connectivity index (χ3n) is 3.04. The van der Waals surface area contributed by atoms with Gasteiger partial charge in [0.15, 0.2) is 0 Å². The fourth-order valence-electron chi connectivity index (χ4n) is 1.81. The molecule has 1 heterocycles. The van der Waals surface area contributed by atoms with Crippen LogP contribution >= 0.6 is 0 Å². The second kappa shape index (κ2) is 6.66. The van der Waals surface area contributed by atoms with Gasteiger partial charge in [0.25, 0.3) is 10.0 Å². The minimum absolute atomic E-state index is 0.0434. The van der Waals surface area contributed by atoms with E-state index >= 15 is 0 Å². The summed E-state index contributed by atoms with van der Waals surface area (Å²) in [5, 5.41) is 0. The van der Waals surface area contributed by atoms with E-state index in [2.05, 4.69) is 14.4 Å². The van der Waals surface area contributed by atoms with Gasteiger partial charge >= 0.3 is 5.97 Å². The van der Waals surface area contributed by atoms with E-state index in [1.165, 1.54) is 37.6 Å². The average Bonchev–Trinajstić information content (AvgIpc) is 2.54. The van der Waals surface area contributed by atoms with Crippen molar-refractivity contribution in [2.45, 2.75) is 4.90 Å². The van der Waals surface area contributed by atoms with Crippen LogP contribution in [-0.4, -0.2) is 40.6 Å². The lowest BCUT2D eigenvalue weighted by Gasteiger charge is -2.12. The van der Waals surface area contributed by atoms with Crippen LogP contribution in [0.1, 0.15) is 10.4 Å². The zero-order chi connectivity index (χ0) is 17.0. The van der Waals surface area contributed by atoms with Gasteiger partial charge in [-0.3, -0.25) is 4.72 Å². The van der Waals surface area contributed by atoms with Gasteiger partial charge in [-0.25, -0.2) is 18.2 Å². The number of methoxy groups -OCH3 is 1. The molecule has 8 heteroatoms. The molecule has 0 radical (unpaired) electrons. The molecular weight excluding hydrogens is 318 g/mol. The lowest BCUT2D eigenvalue weighted by Crippen LogP contribution is -2.14. The molecule has 0 bridgehead atoms. The number of rotatable bonds is 5. The molecule has 2 aromatic rings. The Morgan fingerprint density at radius 1 is 1.13 bits per heavy atom. The summed E-state index contributed by atoms with van der Waals surface area (Å²) >= 11 is 0. The van der Waals surface area contributed by atoms with Crippen LogP contribution in [-0.2, 0) is 14.8 Å². The van der Waals surface area contributed by atoms with Crippen molar-refractivity contribution in [3.8, 4) is 0 Å². The molecule has 0 saturated heterocycles. The Bertz CT molecular complexity index is 784. The predicted molar refractivity (Wildman–Crippen MR) is 87.2 cm³/mol. The van der Waals surface area contributed by atoms with Gasteiger partial charge < -0.3 is 9.64 Å². The minimum atomic E-state index is -3.75. The highest BCUT2D eigenvalue weighted by molar-refractivity contribution is 7.92. The van der Waals surface area contributed by atoms with Crippen molar-refractivity contribution < 1.29 is 17.9 Å². The van der Waals surface area contributed by atoms with Crippen LogP contribution in [0.4, 0.5) is 11.5 Å². The standard InChI is InChI=1S/C15H17N3O4S/c1-18(2)14-9-6-12(10-16-14)17-23(20,21)13-7-4-11(5-8-13)15(19)22-3/h4-10,17H,1-3H3. The van der Waals surface area contributed by atoms with Gasteiger partial charge in [0.1, 0.15) is 5.82 Å². The van der Waals surface area contributed by atoms with Crippen LogP contribution in [0.25, 0.3) is 0 Å². The number of ether oxygens (including phenoxy) is 1. The molecule has 1 N–H and O–H groups in total. The smallest absolute Gasteiger partial charge is 0.337 e. The molecule has 1 aromatic carbocycles. The Labute approximate surface area is 135 Å². The number of nitrogens with one attached hydrogen (secondary N) is 1. The lowest BCUT2D eigenvalue weighted by atomic mass is 10.2. The number of sulfonamides is 1. The summed E-state index contributed by atoms with van der Waals surface area (Å²) in [5.74, 6) is 0.195. The first-order valence-corrected chi connectivity index (χ1v) is 8.16. The largest absolute Gasteiger partial charge is 0.465 e. The summed E-state index contributed by atoms with van der Waals surface area (Å²) in [5.41, 5.74) is 0.635. The highest BCUT2D eigenvalue weighted by Gasteiger charge is 2.15.